The van der Waals surface area contributed by atoms with Crippen molar-refractivity contribution in [3.05, 3.63) is 0 Å². The highest BCUT2D eigenvalue weighted by molar-refractivity contribution is 5.65. The van der Waals surface area contributed by atoms with Crippen molar-refractivity contribution in [2.24, 2.45) is 0 Å². The third kappa shape index (κ3) is 30.2. The summed E-state index contributed by atoms with van der Waals surface area (Å²) in [6, 6.07) is 0. The van der Waals surface area contributed by atoms with E-state index in [-0.39, 0.29) is 43.3 Å². The van der Waals surface area contributed by atoms with E-state index >= 15 is 0 Å². The van der Waals surface area contributed by atoms with Gasteiger partial charge in [-0.2, -0.15) is 0 Å². The largest absolute Gasteiger partial charge is 0.439 e. The van der Waals surface area contributed by atoms with Gasteiger partial charge in [-0.05, 0) is 0 Å². The Morgan fingerprint density at radius 3 is 1.93 bits per heavy atom. The summed E-state index contributed by atoms with van der Waals surface area (Å²) in [5.74, 6) is -0.413. The van der Waals surface area contributed by atoms with Gasteiger partial charge in [-0.15, -0.1) is 0 Å². The molecule has 92 valence electrons. The molecule has 0 aliphatic carbocycles. The summed E-state index contributed by atoms with van der Waals surface area (Å²) < 4.78 is 13.3. The van der Waals surface area contributed by atoms with Crippen LogP contribution in [-0.4, -0.2) is 31.5 Å². The summed E-state index contributed by atoms with van der Waals surface area (Å²) in [6.45, 7) is 0.648. The van der Waals surface area contributed by atoms with Gasteiger partial charge in [0.2, 0.25) is 0 Å². The van der Waals surface area contributed by atoms with Crippen LogP contribution in [0.2, 0.25) is 0 Å². The Morgan fingerprint density at radius 2 is 1.57 bits per heavy atom. The molecule has 0 aliphatic heterocycles. The molecule has 0 spiro atoms. The lowest BCUT2D eigenvalue weighted by Gasteiger charge is -2.02. The molecule has 0 rings (SSSR count). The molecule has 0 bridgehead atoms. The first-order valence-electron chi connectivity index (χ1n) is 2.67. The van der Waals surface area contributed by atoms with Gasteiger partial charge in [0.15, 0.2) is 13.6 Å². The topological polar surface area (TPSA) is 65.0 Å². The summed E-state index contributed by atoms with van der Waals surface area (Å²) in [5.41, 5.74) is 0. The van der Waals surface area contributed by atoms with Crippen LogP contribution in [0.25, 0.3) is 0 Å². The van der Waals surface area contributed by atoms with Gasteiger partial charge < -0.3 is 19.3 Å². The predicted molar refractivity (Wildman–Crippen MR) is 57.7 cm³/mol. The minimum Gasteiger partial charge on any atom is -0.439 e. The molecule has 5 nitrogen and oxygen atoms in total. The lowest BCUT2D eigenvalue weighted by Crippen LogP contribution is -2.07. The third-order valence-electron chi connectivity index (χ3n) is 0.603. The average Bonchev–Trinajstić information content (AvgIpc) is 1.87. The smallest absolute Gasteiger partial charge is 0.304 e. The Labute approximate surface area is 88.0 Å². The maximum Gasteiger partial charge on any atom is 0.304 e. The van der Waals surface area contributed by atoms with Crippen LogP contribution < -0.4 is 0 Å². The minimum atomic E-state index is -0.413. The van der Waals surface area contributed by atoms with Gasteiger partial charge in [0.05, 0.1) is 0 Å². The van der Waals surface area contributed by atoms with Gasteiger partial charge in [-0.1, -0.05) is 29.7 Å². The van der Waals surface area contributed by atoms with Gasteiger partial charge in [0, 0.05) is 6.92 Å². The van der Waals surface area contributed by atoms with E-state index < -0.39 is 12.8 Å². The van der Waals surface area contributed by atoms with Crippen molar-refractivity contribution in [2.75, 3.05) is 20.4 Å². The summed E-state index contributed by atoms with van der Waals surface area (Å²) in [5, 5.41) is 8.06. The van der Waals surface area contributed by atoms with Gasteiger partial charge >= 0.3 is 5.97 Å². The molecule has 0 aromatic heterocycles. The fraction of sp³-hybridized carbons (Fsp3) is 0.889. The van der Waals surface area contributed by atoms with E-state index in [1.165, 1.54) is 6.92 Å². The summed E-state index contributed by atoms with van der Waals surface area (Å²) in [4.78, 5) is 10.1. The highest BCUT2D eigenvalue weighted by Crippen LogP contribution is 1.79. The number of rotatable bonds is 5. The molecule has 0 atom stereocenters. The zero-order chi connectivity index (χ0) is 7.82. The number of carbonyl (C=O) groups excluding carboxylic acids is 1. The molecule has 14 heavy (non-hydrogen) atoms. The zero-order valence-corrected chi connectivity index (χ0v) is 5.70. The Balaban J connectivity index is -0.0000000675. The van der Waals surface area contributed by atoms with E-state index in [0.717, 1.165) is 0 Å². The van der Waals surface area contributed by atoms with Crippen molar-refractivity contribution in [2.45, 2.75) is 36.6 Å². The van der Waals surface area contributed by atoms with Crippen LogP contribution >= 0.6 is 0 Å². The van der Waals surface area contributed by atoms with Crippen molar-refractivity contribution in [1.82, 2.24) is 0 Å². The van der Waals surface area contributed by atoms with Crippen LogP contribution in [0.15, 0.2) is 0 Å². The number of ether oxygens (including phenoxy) is 3. The Hall–Kier alpha value is -0.650. The zero-order valence-electron chi connectivity index (χ0n) is 5.70. The van der Waals surface area contributed by atoms with Gasteiger partial charge in [0.1, 0.15) is 6.79 Å². The fourth-order valence-electron chi connectivity index (χ4n) is 0.255. The molecule has 5 heteroatoms. The SMILES string of the molecule is C.C.C.C.CC(=O)OCOCOCO. The number of hydrogen-bond donors (Lipinski definition) is 1. The quantitative estimate of drug-likeness (QED) is 0.431. The van der Waals surface area contributed by atoms with Crippen LogP contribution in [0, 0.1) is 0 Å². The molecule has 0 aromatic carbocycles. The number of carbonyl (C=O) groups is 1. The Morgan fingerprint density at radius 1 is 1.07 bits per heavy atom. The summed E-state index contributed by atoms with van der Waals surface area (Å²) in [7, 11) is 0. The fourth-order valence-corrected chi connectivity index (χ4v) is 0.255. The molecule has 0 fully saturated rings. The molecule has 0 radical (unpaired) electrons. The second-order valence-electron chi connectivity index (χ2n) is 1.41. The number of hydrogen-bond acceptors (Lipinski definition) is 5. The first kappa shape index (κ1) is 29.2. The lowest BCUT2D eigenvalue weighted by molar-refractivity contribution is -0.174. The van der Waals surface area contributed by atoms with Gasteiger partial charge in [-0.3, -0.25) is 4.79 Å². The van der Waals surface area contributed by atoms with E-state index in [1.807, 2.05) is 0 Å². The van der Waals surface area contributed by atoms with Crippen molar-refractivity contribution >= 4 is 5.97 Å². The summed E-state index contributed by atoms with van der Waals surface area (Å²) in [6.07, 6.45) is 0. The van der Waals surface area contributed by atoms with Crippen LogP contribution in [0.3, 0.4) is 0 Å². The monoisotopic (exact) mass is 214 g/mol. The van der Waals surface area contributed by atoms with Crippen molar-refractivity contribution in [3.63, 3.8) is 0 Å². The Bertz CT molecular complexity index is 95.2. The maximum absolute atomic E-state index is 10.1. The molecule has 0 unspecified atom stereocenters. The predicted octanol–water partition coefficient (Wildman–Crippen LogP) is 1.99. The minimum absolute atomic E-state index is 0. The second-order valence-corrected chi connectivity index (χ2v) is 1.41. The number of esters is 1. The van der Waals surface area contributed by atoms with Crippen LogP contribution in [0.4, 0.5) is 0 Å². The second kappa shape index (κ2) is 22.8. The van der Waals surface area contributed by atoms with E-state index in [0.29, 0.717) is 0 Å². The van der Waals surface area contributed by atoms with Gasteiger partial charge in [-0.25, -0.2) is 0 Å². The molecule has 0 saturated heterocycles. The number of aliphatic hydroxyl groups is 1. The van der Waals surface area contributed by atoms with Gasteiger partial charge in [0.25, 0.3) is 0 Å². The van der Waals surface area contributed by atoms with Crippen LogP contribution in [0.5, 0.6) is 0 Å². The van der Waals surface area contributed by atoms with E-state index in [2.05, 4.69) is 14.2 Å². The van der Waals surface area contributed by atoms with E-state index in [4.69, 9.17) is 5.11 Å². The average molecular weight is 214 g/mol. The molecular weight excluding hydrogens is 188 g/mol. The molecule has 0 aromatic rings. The molecule has 0 heterocycles. The first-order valence-corrected chi connectivity index (χ1v) is 2.67. The molecular formula is C9H26O5. The van der Waals surface area contributed by atoms with E-state index in [1.54, 1.807) is 0 Å². The molecule has 0 saturated carbocycles. The molecule has 1 N–H and O–H groups in total. The third-order valence-corrected chi connectivity index (χ3v) is 0.603. The normalized spacial score (nSPS) is 6.71. The standard InChI is InChI=1S/C5H10O5.4CH4/c1-5(7)10-4-9-3-8-2-6;;;;/h6H,2-4H2,1H3;4*1H4. The van der Waals surface area contributed by atoms with Crippen molar-refractivity contribution in [1.29, 1.82) is 0 Å². The highest BCUT2D eigenvalue weighted by Gasteiger charge is 1.90. The molecule has 0 amide bonds. The maximum atomic E-state index is 10.1. The highest BCUT2D eigenvalue weighted by atomic mass is 16.8. The number of aliphatic hydroxyl groups excluding tert-OH is 1. The summed E-state index contributed by atoms with van der Waals surface area (Å²) >= 11 is 0. The van der Waals surface area contributed by atoms with Crippen LogP contribution in [-0.2, 0) is 19.0 Å². The van der Waals surface area contributed by atoms with Crippen molar-refractivity contribution < 1.29 is 24.1 Å². The van der Waals surface area contributed by atoms with Crippen molar-refractivity contribution in [3.8, 4) is 0 Å². The molecule has 0 aliphatic rings. The first-order chi connectivity index (χ1) is 4.77. The Kier molecular flexibility index (Phi) is 47.6. The lowest BCUT2D eigenvalue weighted by atomic mass is 10.8. The van der Waals surface area contributed by atoms with E-state index in [9.17, 15) is 4.79 Å². The van der Waals surface area contributed by atoms with Crippen LogP contribution in [0.1, 0.15) is 36.6 Å².